The highest BCUT2D eigenvalue weighted by Gasteiger charge is 2.42. The number of unbranched alkanes of at least 4 members (excludes halogenated alkanes) is 4. The fourth-order valence-electron chi connectivity index (χ4n) is 4.22. The summed E-state index contributed by atoms with van der Waals surface area (Å²) >= 11 is 0. The third-order valence-corrected chi connectivity index (χ3v) is 12.3. The molecule has 39 heavy (non-hydrogen) atoms. The average Bonchev–Trinajstić information content (AvgIpc) is 3.16. The molecular weight excluding hydrogens is 506 g/mol. The summed E-state index contributed by atoms with van der Waals surface area (Å²) in [5.41, 5.74) is 2.09. The number of imide groups is 1. The van der Waals surface area contributed by atoms with Crippen LogP contribution in [0.1, 0.15) is 79.2 Å². The predicted octanol–water partition coefficient (Wildman–Crippen LogP) is 7.41. The van der Waals surface area contributed by atoms with Crippen LogP contribution in [0.15, 0.2) is 60.7 Å². The second kappa shape index (κ2) is 14.1. The van der Waals surface area contributed by atoms with Crippen molar-refractivity contribution in [2.75, 3.05) is 20.3 Å². The van der Waals surface area contributed by atoms with Crippen LogP contribution in [0.25, 0.3) is 0 Å². The van der Waals surface area contributed by atoms with Crippen molar-refractivity contribution in [3.05, 3.63) is 77.4 Å². The highest BCUT2D eigenvalue weighted by molar-refractivity contribution is 6.74. The number of ether oxygens (including phenoxy) is 2. The number of fused-ring (bicyclic) bond motifs is 1. The number of hydrogen-bond acceptors (Lipinski definition) is 5. The Bertz CT molecular complexity index is 1090. The first kappa shape index (κ1) is 30.8. The summed E-state index contributed by atoms with van der Waals surface area (Å²) < 4.78 is 17.4. The maximum absolute atomic E-state index is 13.2. The maximum atomic E-state index is 13.2. The molecule has 0 N–H and O–H groups in total. The van der Waals surface area contributed by atoms with Crippen molar-refractivity contribution < 1.29 is 23.5 Å². The second-order valence-electron chi connectivity index (χ2n) is 11.7. The highest BCUT2D eigenvalue weighted by Crippen LogP contribution is 2.37. The molecule has 0 bridgehead atoms. The van der Waals surface area contributed by atoms with Gasteiger partial charge in [-0.25, -0.2) is 0 Å². The molecule has 0 fully saturated rings. The molecule has 0 aromatic heterocycles. The third-order valence-electron chi connectivity index (χ3n) is 7.77. The zero-order valence-electron chi connectivity index (χ0n) is 24.5. The molecule has 0 saturated heterocycles. The highest BCUT2D eigenvalue weighted by atomic mass is 28.4. The number of methoxy groups -OCH3 is 1. The first-order chi connectivity index (χ1) is 18.5. The molecule has 1 unspecified atom stereocenters. The number of nitrogens with zero attached hydrogens (tertiary/aromatic N) is 1. The molecule has 2 aromatic carbocycles. The molecule has 0 radical (unpaired) electrons. The van der Waals surface area contributed by atoms with Crippen molar-refractivity contribution in [2.45, 2.75) is 83.7 Å². The Kier molecular flexibility index (Phi) is 11.1. The molecule has 1 aliphatic rings. The van der Waals surface area contributed by atoms with Crippen LogP contribution in [0.3, 0.4) is 0 Å². The lowest BCUT2D eigenvalue weighted by atomic mass is 10.1. The van der Waals surface area contributed by atoms with Gasteiger partial charge in [0, 0.05) is 6.61 Å². The normalized spacial score (nSPS) is 14.8. The van der Waals surface area contributed by atoms with E-state index in [-0.39, 0.29) is 16.9 Å². The van der Waals surface area contributed by atoms with Gasteiger partial charge in [-0.15, -0.1) is 0 Å². The number of carbonyl (C=O) groups excluding carboxylic acids is 2. The van der Waals surface area contributed by atoms with Crippen molar-refractivity contribution in [1.82, 2.24) is 4.90 Å². The van der Waals surface area contributed by atoms with Crippen LogP contribution < -0.4 is 4.74 Å². The van der Waals surface area contributed by atoms with Gasteiger partial charge < -0.3 is 13.9 Å². The van der Waals surface area contributed by atoms with Crippen LogP contribution in [0.2, 0.25) is 18.1 Å². The Hall–Kier alpha value is -2.74. The molecule has 1 atom stereocenters. The molecule has 0 aliphatic carbocycles. The van der Waals surface area contributed by atoms with E-state index in [1.165, 1.54) is 4.90 Å². The van der Waals surface area contributed by atoms with Gasteiger partial charge in [-0.2, -0.15) is 0 Å². The lowest BCUT2D eigenvalue weighted by molar-refractivity contribution is 0.0569. The first-order valence-corrected chi connectivity index (χ1v) is 16.9. The van der Waals surface area contributed by atoms with Crippen LogP contribution >= 0.6 is 0 Å². The van der Waals surface area contributed by atoms with Gasteiger partial charge in [0.1, 0.15) is 5.75 Å². The monoisotopic (exact) mass is 551 g/mol. The van der Waals surface area contributed by atoms with E-state index in [2.05, 4.69) is 39.9 Å². The van der Waals surface area contributed by atoms with E-state index < -0.39 is 14.4 Å². The van der Waals surface area contributed by atoms with Gasteiger partial charge in [0.15, 0.2) is 8.32 Å². The molecule has 1 heterocycles. The average molecular weight is 552 g/mol. The van der Waals surface area contributed by atoms with E-state index in [1.54, 1.807) is 31.4 Å². The van der Waals surface area contributed by atoms with E-state index in [0.29, 0.717) is 24.3 Å². The number of rotatable bonds is 15. The van der Waals surface area contributed by atoms with Crippen LogP contribution in [-0.2, 0) is 15.8 Å². The summed E-state index contributed by atoms with van der Waals surface area (Å²) in [4.78, 5) is 27.7. The minimum Gasteiger partial charge on any atom is -0.497 e. The molecular formula is C32H45NO5Si. The van der Waals surface area contributed by atoms with Crippen molar-refractivity contribution in [1.29, 1.82) is 0 Å². The molecule has 0 saturated carbocycles. The van der Waals surface area contributed by atoms with Gasteiger partial charge >= 0.3 is 0 Å². The topological polar surface area (TPSA) is 65.1 Å². The Morgan fingerprint density at radius 3 is 2.10 bits per heavy atom. The van der Waals surface area contributed by atoms with Gasteiger partial charge in [0.05, 0.1) is 37.5 Å². The van der Waals surface area contributed by atoms with Gasteiger partial charge in [-0.3, -0.25) is 14.5 Å². The minimum absolute atomic E-state index is 0.0433. The quantitative estimate of drug-likeness (QED) is 0.0998. The molecule has 2 amide bonds. The lowest BCUT2D eigenvalue weighted by Crippen LogP contribution is -2.47. The fourth-order valence-corrected chi connectivity index (χ4v) is 5.24. The number of amides is 2. The van der Waals surface area contributed by atoms with Crippen LogP contribution in [0.4, 0.5) is 0 Å². The van der Waals surface area contributed by atoms with Gasteiger partial charge in [0.25, 0.3) is 11.8 Å². The number of carbonyl (C=O) groups is 2. The van der Waals surface area contributed by atoms with E-state index >= 15 is 0 Å². The molecule has 6 nitrogen and oxygen atoms in total. The molecule has 2 aromatic rings. The van der Waals surface area contributed by atoms with Gasteiger partial charge in [-0.1, -0.05) is 70.0 Å². The number of allylic oxidation sites excluding steroid dienone is 1. The summed E-state index contributed by atoms with van der Waals surface area (Å²) in [6.07, 6.45) is 9.27. The summed E-state index contributed by atoms with van der Waals surface area (Å²) in [6.45, 7) is 12.6. The molecule has 7 heteroatoms. The van der Waals surface area contributed by atoms with Crippen LogP contribution in [-0.4, -0.2) is 51.4 Å². The Morgan fingerprint density at radius 1 is 0.897 bits per heavy atom. The van der Waals surface area contributed by atoms with E-state index in [0.717, 1.165) is 50.0 Å². The SMILES string of the molecule is COc1ccc(COCCCCCCC=CC(CO[Si](C)(C)C(C)(C)C)N2C(=O)c3ccccc3C2=O)cc1. The molecule has 0 spiro atoms. The largest absolute Gasteiger partial charge is 0.497 e. The Balaban J connectivity index is 1.46. The maximum Gasteiger partial charge on any atom is 0.262 e. The lowest BCUT2D eigenvalue weighted by Gasteiger charge is -2.38. The Labute approximate surface area is 235 Å². The predicted molar refractivity (Wildman–Crippen MR) is 159 cm³/mol. The van der Waals surface area contributed by atoms with Gasteiger partial charge in [-0.05, 0) is 67.2 Å². The van der Waals surface area contributed by atoms with Crippen LogP contribution in [0, 0.1) is 0 Å². The Morgan fingerprint density at radius 2 is 1.51 bits per heavy atom. The van der Waals surface area contributed by atoms with Crippen molar-refractivity contribution in [3.63, 3.8) is 0 Å². The van der Waals surface area contributed by atoms with Crippen molar-refractivity contribution in [2.24, 2.45) is 0 Å². The summed E-state index contributed by atoms with van der Waals surface area (Å²) in [6, 6.07) is 14.6. The summed E-state index contributed by atoms with van der Waals surface area (Å²) in [5, 5.41) is 0.0433. The second-order valence-corrected chi connectivity index (χ2v) is 16.5. The standard InChI is InChI=1S/C32H45NO5Si/c1-32(2,3)39(5,6)38-24-26(33-30(34)28-16-12-13-17-29(28)31(33)35)15-11-9-7-8-10-14-22-37-23-25-18-20-27(36-4)21-19-25/h11-13,15-21,26H,7-10,14,22-24H2,1-6H3. The zero-order chi connectivity index (χ0) is 28.5. The fraction of sp³-hybridized carbons (Fsp3) is 0.500. The minimum atomic E-state index is -2.05. The van der Waals surface area contributed by atoms with Crippen molar-refractivity contribution >= 4 is 20.1 Å². The van der Waals surface area contributed by atoms with E-state index in [9.17, 15) is 9.59 Å². The van der Waals surface area contributed by atoms with E-state index in [1.807, 2.05) is 30.3 Å². The molecule has 3 rings (SSSR count). The van der Waals surface area contributed by atoms with Crippen molar-refractivity contribution in [3.8, 4) is 5.75 Å². The number of hydrogen-bond donors (Lipinski definition) is 0. The third kappa shape index (κ3) is 8.37. The smallest absolute Gasteiger partial charge is 0.262 e. The number of benzene rings is 2. The first-order valence-electron chi connectivity index (χ1n) is 14.0. The molecule has 1 aliphatic heterocycles. The van der Waals surface area contributed by atoms with Crippen LogP contribution in [0.5, 0.6) is 5.75 Å². The zero-order valence-corrected chi connectivity index (χ0v) is 25.5. The summed E-state index contributed by atoms with van der Waals surface area (Å²) in [7, 11) is -0.380. The molecule has 212 valence electrons. The summed E-state index contributed by atoms with van der Waals surface area (Å²) in [5.74, 6) is 0.378. The van der Waals surface area contributed by atoms with E-state index in [4.69, 9.17) is 13.9 Å². The van der Waals surface area contributed by atoms with Gasteiger partial charge in [0.2, 0.25) is 0 Å².